The summed E-state index contributed by atoms with van der Waals surface area (Å²) in [6, 6.07) is 60.8. The first-order valence-corrected chi connectivity index (χ1v) is 19.3. The van der Waals surface area contributed by atoms with Crippen LogP contribution in [0.25, 0.3) is 55.0 Å². The summed E-state index contributed by atoms with van der Waals surface area (Å²) in [4.78, 5) is 6.69. The number of furan rings is 1. The highest BCUT2D eigenvalue weighted by molar-refractivity contribution is 8.00. The molecule has 4 aliphatic rings. The molecule has 0 fully saturated rings. The summed E-state index contributed by atoms with van der Waals surface area (Å²) in [7, 11) is 0. The number of anilines is 4. The maximum absolute atomic E-state index is 7.03. The highest BCUT2D eigenvalue weighted by Crippen LogP contribution is 2.66. The third kappa shape index (κ3) is 3.67. The molecule has 0 radical (unpaired) electrons. The first-order chi connectivity index (χ1) is 26.3. The fourth-order valence-electron chi connectivity index (χ4n) is 9.94. The van der Waals surface area contributed by atoms with Crippen molar-refractivity contribution in [2.45, 2.75) is 16.2 Å². The molecular formula is C48H29BN2OS. The highest BCUT2D eigenvalue weighted by Gasteiger charge is 2.55. The van der Waals surface area contributed by atoms with Crippen LogP contribution in [-0.2, 0) is 0 Å². The highest BCUT2D eigenvalue weighted by atomic mass is 32.2. The van der Waals surface area contributed by atoms with Gasteiger partial charge >= 0.3 is 6.85 Å². The van der Waals surface area contributed by atoms with Gasteiger partial charge in [-0.15, -0.1) is 11.8 Å². The molecule has 5 heterocycles. The van der Waals surface area contributed by atoms with Crippen molar-refractivity contribution in [1.29, 1.82) is 0 Å². The Morgan fingerprint density at radius 2 is 1.30 bits per heavy atom. The van der Waals surface area contributed by atoms with Gasteiger partial charge in [-0.25, -0.2) is 0 Å². The maximum atomic E-state index is 7.03. The number of nitrogens with zero attached hydrogens (tertiary/aromatic N) is 2. The predicted molar refractivity (Wildman–Crippen MR) is 222 cm³/mol. The van der Waals surface area contributed by atoms with Crippen molar-refractivity contribution in [2.75, 3.05) is 9.71 Å². The van der Waals surface area contributed by atoms with Crippen LogP contribution in [0.3, 0.4) is 0 Å². The Labute approximate surface area is 311 Å². The van der Waals surface area contributed by atoms with E-state index in [1.54, 1.807) is 0 Å². The topological polar surface area (TPSA) is 19.6 Å². The quantitative estimate of drug-likeness (QED) is 0.168. The average molecular weight is 693 g/mol. The third-order valence-corrected chi connectivity index (χ3v) is 13.5. The van der Waals surface area contributed by atoms with Gasteiger partial charge in [-0.2, -0.15) is 0 Å². The van der Waals surface area contributed by atoms with Crippen LogP contribution in [0, 0.1) is 0 Å². The number of fused-ring (bicyclic) bond motifs is 14. The van der Waals surface area contributed by atoms with Crippen molar-refractivity contribution in [3.63, 3.8) is 0 Å². The van der Waals surface area contributed by atoms with Crippen molar-refractivity contribution >= 4 is 85.0 Å². The lowest BCUT2D eigenvalue weighted by molar-refractivity contribution is 0.662. The molecule has 2 unspecified atom stereocenters. The summed E-state index contributed by atoms with van der Waals surface area (Å²) in [5.41, 5.74) is 17.4. The summed E-state index contributed by atoms with van der Waals surface area (Å²) >= 11 is 2.02. The average Bonchev–Trinajstić information content (AvgIpc) is 3.89. The van der Waals surface area contributed by atoms with Crippen molar-refractivity contribution in [3.8, 4) is 22.3 Å². The van der Waals surface area contributed by atoms with Gasteiger partial charge in [-0.3, -0.25) is 0 Å². The normalized spacial score (nSPS) is 17.2. The van der Waals surface area contributed by atoms with Crippen LogP contribution in [-0.4, -0.2) is 6.85 Å². The zero-order valence-electron chi connectivity index (χ0n) is 28.5. The second-order valence-corrected chi connectivity index (χ2v) is 15.9. The lowest BCUT2D eigenvalue weighted by Gasteiger charge is -2.45. The number of hydrogen-bond donors (Lipinski definition) is 0. The second kappa shape index (κ2) is 10.2. The van der Waals surface area contributed by atoms with Gasteiger partial charge in [0.25, 0.3) is 0 Å². The van der Waals surface area contributed by atoms with Gasteiger partial charge in [0.1, 0.15) is 5.58 Å². The zero-order valence-corrected chi connectivity index (χ0v) is 29.3. The van der Waals surface area contributed by atoms with E-state index < -0.39 is 0 Å². The van der Waals surface area contributed by atoms with Crippen LogP contribution in [0.15, 0.2) is 173 Å². The summed E-state index contributed by atoms with van der Waals surface area (Å²) in [5, 5.41) is 5.12. The van der Waals surface area contributed by atoms with E-state index >= 15 is 0 Å². The van der Waals surface area contributed by atoms with Crippen LogP contribution in [0.4, 0.5) is 22.7 Å². The Morgan fingerprint density at radius 1 is 0.566 bits per heavy atom. The Morgan fingerprint density at radius 3 is 2.19 bits per heavy atom. The summed E-state index contributed by atoms with van der Waals surface area (Å²) < 4.78 is 7.03. The van der Waals surface area contributed by atoms with Gasteiger partial charge in [0.2, 0.25) is 0 Å². The van der Waals surface area contributed by atoms with E-state index in [9.17, 15) is 0 Å². The van der Waals surface area contributed by atoms with Crippen LogP contribution < -0.4 is 20.6 Å². The second-order valence-electron chi connectivity index (χ2n) is 14.7. The Hall–Kier alpha value is -6.17. The largest absolute Gasteiger partial charge is 0.454 e. The third-order valence-electron chi connectivity index (χ3n) is 12.1. The molecule has 0 amide bonds. The molecule has 1 aromatic heterocycles. The van der Waals surface area contributed by atoms with Gasteiger partial charge in [0.05, 0.1) is 17.0 Å². The monoisotopic (exact) mass is 692 g/mol. The lowest BCUT2D eigenvalue weighted by atomic mass is 9.43. The molecule has 9 aromatic rings. The minimum absolute atomic E-state index is 0.0564. The standard InChI is InChI=1S/C48H29BN2OS/c1-2-11-28(12-3-1)29-21-23-32(24-22-29)51-40-26-31-14-5-4-13-30(31)25-36(40)37-27-38-33-15-6-8-19-41(33)52-47(38)46-43(37)49(51)39-18-10-17-35-44(39)50(46)45-34-16-7-9-20-42(34)53-48(35)45/h1-27,45,48H. The Kier molecular flexibility index (Phi) is 5.49. The smallest absolute Gasteiger partial charge is 0.333 e. The summed E-state index contributed by atoms with van der Waals surface area (Å²) in [6.07, 6.45) is 0. The molecule has 13 rings (SSSR count). The molecule has 8 aromatic carbocycles. The molecule has 0 saturated heterocycles. The van der Waals surface area contributed by atoms with Gasteiger partial charge < -0.3 is 14.1 Å². The van der Waals surface area contributed by atoms with E-state index in [1.165, 1.54) is 88.1 Å². The van der Waals surface area contributed by atoms with Crippen molar-refractivity contribution < 1.29 is 4.42 Å². The molecule has 0 spiro atoms. The molecule has 4 aliphatic heterocycles. The SMILES string of the molecule is c1ccc(-c2ccc(N3B4c5cccc6c5N(c5c4c(cc4c5oc5ccccc54)-c4cc5ccccc5cc43)C3c4ccccc4SC63)cc2)cc1. The lowest BCUT2D eigenvalue weighted by Crippen LogP contribution is -2.61. The van der Waals surface area contributed by atoms with E-state index in [2.05, 4.69) is 174 Å². The zero-order chi connectivity index (χ0) is 34.4. The molecule has 0 N–H and O–H groups in total. The molecule has 53 heavy (non-hydrogen) atoms. The Balaban J connectivity index is 1.17. The number of thioether (sulfide) groups is 1. The van der Waals surface area contributed by atoms with Crippen molar-refractivity contribution in [2.24, 2.45) is 0 Å². The first kappa shape index (κ1) is 28.4. The van der Waals surface area contributed by atoms with E-state index in [1.807, 2.05) is 11.8 Å². The van der Waals surface area contributed by atoms with Crippen molar-refractivity contribution in [1.82, 2.24) is 0 Å². The molecule has 0 bridgehead atoms. The molecule has 3 nitrogen and oxygen atoms in total. The molecule has 5 heteroatoms. The molecule has 2 atom stereocenters. The van der Waals surface area contributed by atoms with E-state index in [4.69, 9.17) is 4.42 Å². The summed E-state index contributed by atoms with van der Waals surface area (Å²) in [5.74, 6) is 0. The molecular weight excluding hydrogens is 663 g/mol. The Bertz CT molecular complexity index is 3030. The van der Waals surface area contributed by atoms with Crippen molar-refractivity contribution in [3.05, 3.63) is 175 Å². The van der Waals surface area contributed by atoms with Crippen LogP contribution in [0.2, 0.25) is 0 Å². The molecule has 246 valence electrons. The first-order valence-electron chi connectivity index (χ1n) is 18.4. The minimum Gasteiger partial charge on any atom is -0.454 e. The number of benzene rings is 8. The molecule has 0 aliphatic carbocycles. The maximum Gasteiger partial charge on any atom is 0.333 e. The number of hydrogen-bond acceptors (Lipinski definition) is 4. The number of rotatable bonds is 2. The van der Waals surface area contributed by atoms with Crippen LogP contribution in [0.1, 0.15) is 22.4 Å². The van der Waals surface area contributed by atoms with Crippen LogP contribution in [0.5, 0.6) is 0 Å². The van der Waals surface area contributed by atoms with E-state index in [0.717, 1.165) is 16.6 Å². The van der Waals surface area contributed by atoms with Crippen LogP contribution >= 0.6 is 11.8 Å². The predicted octanol–water partition coefficient (Wildman–Crippen LogP) is 11.7. The number of para-hydroxylation sites is 2. The van der Waals surface area contributed by atoms with Gasteiger partial charge in [0.15, 0.2) is 5.58 Å². The van der Waals surface area contributed by atoms with Gasteiger partial charge in [0, 0.05) is 38.3 Å². The van der Waals surface area contributed by atoms with Gasteiger partial charge in [-0.1, -0.05) is 121 Å². The fraction of sp³-hybridized carbons (Fsp3) is 0.0417. The van der Waals surface area contributed by atoms with Gasteiger partial charge in [-0.05, 0) is 92.0 Å². The summed E-state index contributed by atoms with van der Waals surface area (Å²) in [6.45, 7) is -0.0564. The molecule has 0 saturated carbocycles. The minimum atomic E-state index is -0.0564. The van der Waals surface area contributed by atoms with E-state index in [-0.39, 0.29) is 12.9 Å². The van der Waals surface area contributed by atoms with E-state index in [0.29, 0.717) is 5.25 Å². The fourth-order valence-corrected chi connectivity index (χ4v) is 11.4.